The van der Waals surface area contributed by atoms with Crippen molar-refractivity contribution in [2.24, 2.45) is 7.05 Å². The lowest BCUT2D eigenvalue weighted by atomic mass is 10.0. The van der Waals surface area contributed by atoms with Gasteiger partial charge in [0.1, 0.15) is 17.8 Å². The van der Waals surface area contributed by atoms with Crippen LogP contribution in [0.4, 0.5) is 5.82 Å². The number of nitrogens with one attached hydrogen (secondary N) is 1. The van der Waals surface area contributed by atoms with E-state index in [2.05, 4.69) is 37.3 Å². The van der Waals surface area contributed by atoms with Crippen molar-refractivity contribution < 1.29 is 4.79 Å². The molecule has 3 aromatic heterocycles. The first-order valence-corrected chi connectivity index (χ1v) is 8.75. The third-order valence-corrected chi connectivity index (χ3v) is 4.95. The number of anilines is 1. The SMILES string of the molecule is Cc1nc2ncnn2c(N2CCC(NC(=O)c3ccn(C)n3)CC2)c1C. The quantitative estimate of drug-likeness (QED) is 0.750. The second-order valence-corrected chi connectivity index (χ2v) is 6.73. The van der Waals surface area contributed by atoms with Crippen LogP contribution >= 0.6 is 0 Å². The van der Waals surface area contributed by atoms with Gasteiger partial charge in [-0.25, -0.2) is 4.98 Å². The van der Waals surface area contributed by atoms with E-state index in [1.807, 2.05) is 6.92 Å². The minimum Gasteiger partial charge on any atom is -0.356 e. The number of fused-ring (bicyclic) bond motifs is 1. The number of hydrogen-bond acceptors (Lipinski definition) is 6. The van der Waals surface area contributed by atoms with Gasteiger partial charge < -0.3 is 10.2 Å². The smallest absolute Gasteiger partial charge is 0.271 e. The minimum atomic E-state index is -0.112. The highest BCUT2D eigenvalue weighted by Crippen LogP contribution is 2.25. The molecule has 0 unspecified atom stereocenters. The zero-order valence-corrected chi connectivity index (χ0v) is 15.2. The maximum absolute atomic E-state index is 12.3. The number of nitrogens with zero attached hydrogens (tertiary/aromatic N) is 7. The summed E-state index contributed by atoms with van der Waals surface area (Å²) in [5.41, 5.74) is 2.53. The normalized spacial score (nSPS) is 15.6. The van der Waals surface area contributed by atoms with E-state index < -0.39 is 0 Å². The number of carbonyl (C=O) groups is 1. The minimum absolute atomic E-state index is 0.112. The first-order valence-electron chi connectivity index (χ1n) is 8.75. The van der Waals surface area contributed by atoms with Crippen LogP contribution < -0.4 is 10.2 Å². The molecule has 1 aliphatic rings. The molecule has 9 heteroatoms. The van der Waals surface area contributed by atoms with Crippen LogP contribution in [0.5, 0.6) is 0 Å². The summed E-state index contributed by atoms with van der Waals surface area (Å²) < 4.78 is 3.44. The summed E-state index contributed by atoms with van der Waals surface area (Å²) >= 11 is 0. The van der Waals surface area contributed by atoms with E-state index >= 15 is 0 Å². The summed E-state index contributed by atoms with van der Waals surface area (Å²) in [6.07, 6.45) is 5.05. The van der Waals surface area contributed by atoms with Gasteiger partial charge in [-0.05, 0) is 32.8 Å². The molecule has 1 fully saturated rings. The molecule has 4 heterocycles. The number of hydrogen-bond donors (Lipinski definition) is 1. The van der Waals surface area contributed by atoms with Gasteiger partial charge in [-0.3, -0.25) is 9.48 Å². The van der Waals surface area contributed by atoms with Crippen molar-refractivity contribution in [1.82, 2.24) is 34.7 Å². The fourth-order valence-corrected chi connectivity index (χ4v) is 3.42. The Hall–Kier alpha value is -2.97. The fraction of sp³-hybridized carbons (Fsp3) is 0.471. The third-order valence-electron chi connectivity index (χ3n) is 4.95. The monoisotopic (exact) mass is 354 g/mol. The summed E-state index contributed by atoms with van der Waals surface area (Å²) in [6.45, 7) is 5.74. The number of piperidine rings is 1. The van der Waals surface area contributed by atoms with E-state index in [1.54, 1.807) is 28.5 Å². The highest BCUT2D eigenvalue weighted by Gasteiger charge is 2.25. The van der Waals surface area contributed by atoms with Crippen molar-refractivity contribution in [3.63, 3.8) is 0 Å². The molecule has 1 saturated heterocycles. The first kappa shape index (κ1) is 16.5. The van der Waals surface area contributed by atoms with E-state index in [0.717, 1.165) is 43.0 Å². The van der Waals surface area contributed by atoms with Crippen LogP contribution in [0, 0.1) is 13.8 Å². The number of amides is 1. The third kappa shape index (κ3) is 2.89. The Labute approximate surface area is 151 Å². The molecule has 0 bridgehead atoms. The average Bonchev–Trinajstić information content (AvgIpc) is 3.26. The zero-order valence-electron chi connectivity index (χ0n) is 15.2. The lowest BCUT2D eigenvalue weighted by Crippen LogP contribution is -2.45. The van der Waals surface area contributed by atoms with Gasteiger partial charge in [0.25, 0.3) is 11.7 Å². The predicted octanol–water partition coefficient (Wildman–Crippen LogP) is 0.873. The summed E-state index contributed by atoms with van der Waals surface area (Å²) in [5.74, 6) is 1.55. The maximum Gasteiger partial charge on any atom is 0.271 e. The van der Waals surface area contributed by atoms with E-state index in [4.69, 9.17) is 0 Å². The Kier molecular flexibility index (Phi) is 4.06. The number of aromatic nitrogens is 6. The number of aryl methyl sites for hydroxylation is 2. The molecule has 3 aromatic rings. The zero-order chi connectivity index (χ0) is 18.3. The van der Waals surface area contributed by atoms with E-state index in [0.29, 0.717) is 11.5 Å². The van der Waals surface area contributed by atoms with Crippen LogP contribution in [0.2, 0.25) is 0 Å². The van der Waals surface area contributed by atoms with E-state index in [9.17, 15) is 4.79 Å². The molecule has 0 atom stereocenters. The average molecular weight is 354 g/mol. The van der Waals surface area contributed by atoms with Crippen molar-refractivity contribution in [3.8, 4) is 0 Å². The van der Waals surface area contributed by atoms with Gasteiger partial charge in [0.15, 0.2) is 0 Å². The number of rotatable bonds is 3. The molecule has 0 aliphatic carbocycles. The van der Waals surface area contributed by atoms with Crippen LogP contribution in [0.15, 0.2) is 18.6 Å². The molecule has 9 nitrogen and oxygen atoms in total. The molecule has 136 valence electrons. The Bertz CT molecular complexity index is 951. The fourth-order valence-electron chi connectivity index (χ4n) is 3.42. The molecule has 0 saturated carbocycles. The van der Waals surface area contributed by atoms with Crippen LogP contribution in [-0.2, 0) is 7.05 Å². The standard InChI is InChI=1S/C17H22N8O/c1-11-12(2)20-17-18-10-19-25(17)16(11)24-8-4-13(5-9-24)21-15(26)14-6-7-23(3)22-14/h6-7,10,13H,4-5,8-9H2,1-3H3,(H,21,26). The van der Waals surface area contributed by atoms with Gasteiger partial charge in [0.05, 0.1) is 0 Å². The topological polar surface area (TPSA) is 93.2 Å². The van der Waals surface area contributed by atoms with E-state index in [-0.39, 0.29) is 11.9 Å². The Morgan fingerprint density at radius 2 is 2.04 bits per heavy atom. The second kappa shape index (κ2) is 6.40. The van der Waals surface area contributed by atoms with Crippen molar-refractivity contribution in [2.75, 3.05) is 18.0 Å². The van der Waals surface area contributed by atoms with Gasteiger partial charge in [-0.15, -0.1) is 0 Å². The van der Waals surface area contributed by atoms with Gasteiger partial charge >= 0.3 is 0 Å². The molecule has 1 aliphatic heterocycles. The van der Waals surface area contributed by atoms with Gasteiger partial charge in [0.2, 0.25) is 0 Å². The predicted molar refractivity (Wildman–Crippen MR) is 96.2 cm³/mol. The van der Waals surface area contributed by atoms with E-state index in [1.165, 1.54) is 6.33 Å². The van der Waals surface area contributed by atoms with Crippen molar-refractivity contribution in [2.45, 2.75) is 32.7 Å². The molecule has 1 amide bonds. The van der Waals surface area contributed by atoms with Gasteiger partial charge in [-0.2, -0.15) is 19.7 Å². The summed E-state index contributed by atoms with van der Waals surface area (Å²) in [4.78, 5) is 23.3. The Morgan fingerprint density at radius 3 is 2.73 bits per heavy atom. The molecule has 1 N–H and O–H groups in total. The Morgan fingerprint density at radius 1 is 1.27 bits per heavy atom. The van der Waals surface area contributed by atoms with Gasteiger partial charge in [-0.1, -0.05) is 0 Å². The molecule has 0 aromatic carbocycles. The van der Waals surface area contributed by atoms with Crippen LogP contribution in [0.25, 0.3) is 5.78 Å². The summed E-state index contributed by atoms with van der Waals surface area (Å²) in [6, 6.07) is 1.88. The highest BCUT2D eigenvalue weighted by molar-refractivity contribution is 5.92. The van der Waals surface area contributed by atoms with Crippen LogP contribution in [0.1, 0.15) is 34.6 Å². The Balaban J connectivity index is 1.46. The largest absolute Gasteiger partial charge is 0.356 e. The van der Waals surface area contributed by atoms with Crippen LogP contribution in [-0.4, -0.2) is 54.4 Å². The molecular weight excluding hydrogens is 332 g/mol. The molecular formula is C17H22N8O. The maximum atomic E-state index is 12.3. The molecule has 4 rings (SSSR count). The molecule has 0 radical (unpaired) electrons. The lowest BCUT2D eigenvalue weighted by molar-refractivity contribution is 0.0925. The number of carbonyl (C=O) groups excluding carboxylic acids is 1. The first-order chi connectivity index (χ1) is 12.5. The summed E-state index contributed by atoms with van der Waals surface area (Å²) in [7, 11) is 1.80. The molecule has 26 heavy (non-hydrogen) atoms. The lowest BCUT2D eigenvalue weighted by Gasteiger charge is -2.34. The van der Waals surface area contributed by atoms with Crippen molar-refractivity contribution in [3.05, 3.63) is 35.5 Å². The van der Waals surface area contributed by atoms with Crippen LogP contribution in [0.3, 0.4) is 0 Å². The van der Waals surface area contributed by atoms with Crippen molar-refractivity contribution in [1.29, 1.82) is 0 Å². The van der Waals surface area contributed by atoms with Crippen molar-refractivity contribution >= 4 is 17.5 Å². The van der Waals surface area contributed by atoms with Gasteiger partial charge in [0, 0.05) is 43.6 Å². The molecule has 0 spiro atoms. The summed E-state index contributed by atoms with van der Waals surface area (Å²) in [5, 5.41) is 11.6. The highest BCUT2D eigenvalue weighted by atomic mass is 16.2. The second-order valence-electron chi connectivity index (χ2n) is 6.73.